The lowest BCUT2D eigenvalue weighted by atomic mass is 9.80. The van der Waals surface area contributed by atoms with Crippen LogP contribution in [0.2, 0.25) is 0 Å². The van der Waals surface area contributed by atoms with Gasteiger partial charge in [-0.3, -0.25) is 4.79 Å². The molecule has 1 aliphatic carbocycles. The zero-order chi connectivity index (χ0) is 13.6. The number of hydrogen-bond donors (Lipinski definition) is 2. The lowest BCUT2D eigenvalue weighted by molar-refractivity contribution is -0.127. The van der Waals surface area contributed by atoms with Crippen LogP contribution >= 0.6 is 0 Å². The average Bonchev–Trinajstić information content (AvgIpc) is 2.27. The highest BCUT2D eigenvalue weighted by atomic mass is 16.5. The third kappa shape index (κ3) is 5.83. The number of nitrogens with two attached hydrogens (primary N) is 1. The molecule has 0 bridgehead atoms. The second-order valence-corrected chi connectivity index (χ2v) is 6.35. The second kappa shape index (κ2) is 7.10. The predicted octanol–water partition coefficient (Wildman–Crippen LogP) is 1.68. The predicted molar refractivity (Wildman–Crippen MR) is 73.2 cm³/mol. The van der Waals surface area contributed by atoms with Gasteiger partial charge in [0.2, 0.25) is 5.91 Å². The van der Waals surface area contributed by atoms with Gasteiger partial charge in [0, 0.05) is 5.54 Å². The number of rotatable bonds is 5. The van der Waals surface area contributed by atoms with Gasteiger partial charge in [0.25, 0.3) is 0 Å². The highest BCUT2D eigenvalue weighted by Gasteiger charge is 2.24. The third-order valence-corrected chi connectivity index (χ3v) is 3.45. The molecule has 18 heavy (non-hydrogen) atoms. The Bertz CT molecular complexity index is 261. The number of carbonyl (C=O) groups is 1. The molecule has 4 heteroatoms. The first-order valence-corrected chi connectivity index (χ1v) is 7.01. The average molecular weight is 256 g/mol. The summed E-state index contributed by atoms with van der Waals surface area (Å²) in [4.78, 5) is 11.6. The zero-order valence-electron chi connectivity index (χ0n) is 12.0. The van der Waals surface area contributed by atoms with E-state index in [0.717, 1.165) is 6.54 Å². The van der Waals surface area contributed by atoms with Gasteiger partial charge in [0.15, 0.2) is 0 Å². The Morgan fingerprint density at radius 2 is 1.89 bits per heavy atom. The SMILES string of the molecule is CC(C)(C)NC(=O)COCC1CCCCC1CN. The molecule has 0 saturated heterocycles. The number of hydrogen-bond acceptors (Lipinski definition) is 3. The summed E-state index contributed by atoms with van der Waals surface area (Å²) < 4.78 is 5.55. The molecule has 0 aliphatic heterocycles. The highest BCUT2D eigenvalue weighted by molar-refractivity contribution is 5.77. The molecule has 1 aliphatic rings. The number of carbonyl (C=O) groups excluding carboxylic acids is 1. The molecule has 1 saturated carbocycles. The molecular weight excluding hydrogens is 228 g/mol. The van der Waals surface area contributed by atoms with E-state index in [1.165, 1.54) is 25.7 Å². The van der Waals surface area contributed by atoms with Crippen LogP contribution in [0.5, 0.6) is 0 Å². The van der Waals surface area contributed by atoms with Crippen molar-refractivity contribution in [3.8, 4) is 0 Å². The van der Waals surface area contributed by atoms with E-state index < -0.39 is 0 Å². The smallest absolute Gasteiger partial charge is 0.246 e. The van der Waals surface area contributed by atoms with Gasteiger partial charge in [-0.15, -0.1) is 0 Å². The van der Waals surface area contributed by atoms with Crippen LogP contribution in [0.1, 0.15) is 46.5 Å². The molecule has 0 aromatic carbocycles. The van der Waals surface area contributed by atoms with Gasteiger partial charge in [0.05, 0.1) is 6.61 Å². The lowest BCUT2D eigenvalue weighted by Crippen LogP contribution is -2.42. The number of nitrogens with one attached hydrogen (secondary N) is 1. The minimum atomic E-state index is -0.189. The van der Waals surface area contributed by atoms with E-state index in [0.29, 0.717) is 18.4 Å². The van der Waals surface area contributed by atoms with Crippen LogP contribution in [0.25, 0.3) is 0 Å². The summed E-state index contributed by atoms with van der Waals surface area (Å²) in [7, 11) is 0. The van der Waals surface area contributed by atoms with Crippen LogP contribution in [0.3, 0.4) is 0 Å². The Labute approximate surface area is 111 Å². The largest absolute Gasteiger partial charge is 0.371 e. The standard InChI is InChI=1S/C14H28N2O2/c1-14(2,3)16-13(17)10-18-9-12-7-5-4-6-11(12)8-15/h11-12H,4-10,15H2,1-3H3,(H,16,17). The Morgan fingerprint density at radius 3 is 2.44 bits per heavy atom. The van der Waals surface area contributed by atoms with Crippen molar-refractivity contribution in [2.75, 3.05) is 19.8 Å². The van der Waals surface area contributed by atoms with Crippen LogP contribution in [-0.2, 0) is 9.53 Å². The van der Waals surface area contributed by atoms with Crippen molar-refractivity contribution in [1.29, 1.82) is 0 Å². The van der Waals surface area contributed by atoms with Crippen molar-refractivity contribution in [2.24, 2.45) is 17.6 Å². The normalized spacial score (nSPS) is 24.9. The van der Waals surface area contributed by atoms with Crippen molar-refractivity contribution in [3.63, 3.8) is 0 Å². The van der Waals surface area contributed by atoms with Gasteiger partial charge in [-0.05, 0) is 52.0 Å². The number of amides is 1. The van der Waals surface area contributed by atoms with E-state index in [1.54, 1.807) is 0 Å². The minimum Gasteiger partial charge on any atom is -0.371 e. The quantitative estimate of drug-likeness (QED) is 0.786. The van der Waals surface area contributed by atoms with E-state index in [9.17, 15) is 4.79 Å². The first kappa shape index (κ1) is 15.4. The van der Waals surface area contributed by atoms with Crippen molar-refractivity contribution in [2.45, 2.75) is 52.0 Å². The molecule has 0 radical (unpaired) electrons. The fourth-order valence-electron chi connectivity index (χ4n) is 2.57. The van der Waals surface area contributed by atoms with Crippen LogP contribution in [0, 0.1) is 11.8 Å². The summed E-state index contributed by atoms with van der Waals surface area (Å²) in [6.07, 6.45) is 4.93. The lowest BCUT2D eigenvalue weighted by Gasteiger charge is -2.30. The molecule has 1 amide bonds. The maximum atomic E-state index is 11.6. The Balaban J connectivity index is 2.22. The van der Waals surface area contributed by atoms with Crippen LogP contribution in [-0.4, -0.2) is 31.2 Å². The second-order valence-electron chi connectivity index (χ2n) is 6.35. The molecule has 0 heterocycles. The van der Waals surface area contributed by atoms with Gasteiger partial charge >= 0.3 is 0 Å². The molecule has 0 aromatic rings. The third-order valence-electron chi connectivity index (χ3n) is 3.45. The monoisotopic (exact) mass is 256 g/mol. The number of ether oxygens (including phenoxy) is 1. The fraction of sp³-hybridized carbons (Fsp3) is 0.929. The van der Waals surface area contributed by atoms with E-state index in [1.807, 2.05) is 20.8 Å². The molecule has 1 fully saturated rings. The maximum absolute atomic E-state index is 11.6. The molecule has 4 nitrogen and oxygen atoms in total. The van der Waals surface area contributed by atoms with E-state index >= 15 is 0 Å². The molecule has 0 spiro atoms. The summed E-state index contributed by atoms with van der Waals surface area (Å²) in [6.45, 7) is 7.47. The van der Waals surface area contributed by atoms with E-state index in [2.05, 4.69) is 5.32 Å². The summed E-state index contributed by atoms with van der Waals surface area (Å²) in [6, 6.07) is 0. The van der Waals surface area contributed by atoms with Gasteiger partial charge in [-0.1, -0.05) is 12.8 Å². The van der Waals surface area contributed by atoms with Gasteiger partial charge in [0.1, 0.15) is 6.61 Å². The molecule has 1 rings (SSSR count). The van der Waals surface area contributed by atoms with Gasteiger partial charge in [-0.2, -0.15) is 0 Å². The summed E-state index contributed by atoms with van der Waals surface area (Å²) in [5, 5.41) is 2.89. The van der Waals surface area contributed by atoms with Gasteiger partial charge in [-0.25, -0.2) is 0 Å². The van der Waals surface area contributed by atoms with Crippen molar-refractivity contribution >= 4 is 5.91 Å². The molecule has 3 N–H and O–H groups in total. The molecule has 106 valence electrons. The Kier molecular flexibility index (Phi) is 6.09. The van der Waals surface area contributed by atoms with E-state index in [-0.39, 0.29) is 18.1 Å². The van der Waals surface area contributed by atoms with Crippen LogP contribution in [0.15, 0.2) is 0 Å². The zero-order valence-corrected chi connectivity index (χ0v) is 12.0. The van der Waals surface area contributed by atoms with Gasteiger partial charge < -0.3 is 15.8 Å². The molecule has 0 aromatic heterocycles. The van der Waals surface area contributed by atoms with Crippen LogP contribution < -0.4 is 11.1 Å². The fourth-order valence-corrected chi connectivity index (χ4v) is 2.57. The molecule has 2 atom stereocenters. The summed E-state index contributed by atoms with van der Waals surface area (Å²) in [5.74, 6) is 1.07. The molecular formula is C14H28N2O2. The maximum Gasteiger partial charge on any atom is 0.246 e. The van der Waals surface area contributed by atoms with Crippen LogP contribution in [0.4, 0.5) is 0 Å². The Hall–Kier alpha value is -0.610. The van der Waals surface area contributed by atoms with E-state index in [4.69, 9.17) is 10.5 Å². The minimum absolute atomic E-state index is 0.0393. The highest BCUT2D eigenvalue weighted by Crippen LogP contribution is 2.29. The first-order chi connectivity index (χ1) is 8.42. The van der Waals surface area contributed by atoms with Crippen molar-refractivity contribution in [1.82, 2.24) is 5.32 Å². The topological polar surface area (TPSA) is 64.3 Å². The van der Waals surface area contributed by atoms with Crippen molar-refractivity contribution in [3.05, 3.63) is 0 Å². The summed E-state index contributed by atoms with van der Waals surface area (Å²) in [5.41, 5.74) is 5.58. The first-order valence-electron chi connectivity index (χ1n) is 7.01. The molecule has 2 unspecified atom stereocenters. The Morgan fingerprint density at radius 1 is 1.28 bits per heavy atom. The van der Waals surface area contributed by atoms with Crippen molar-refractivity contribution < 1.29 is 9.53 Å². The summed E-state index contributed by atoms with van der Waals surface area (Å²) >= 11 is 0.